The molecule has 0 spiro atoms. The van der Waals surface area contributed by atoms with Gasteiger partial charge in [-0.2, -0.15) is 0 Å². The fourth-order valence-electron chi connectivity index (χ4n) is 1.19. The van der Waals surface area contributed by atoms with E-state index in [9.17, 15) is 18.0 Å². The van der Waals surface area contributed by atoms with E-state index in [0.717, 1.165) is 11.2 Å². The number of carboxylic acids is 1. The van der Waals surface area contributed by atoms with Crippen LogP contribution in [0.5, 0.6) is 0 Å². The molecule has 0 unspecified atom stereocenters. The number of carboxylic acid groups (broad SMARTS) is 1. The summed E-state index contributed by atoms with van der Waals surface area (Å²) in [6.07, 6.45) is 1.07. The van der Waals surface area contributed by atoms with Crippen LogP contribution >= 0.6 is 0 Å². The minimum absolute atomic E-state index is 0.0378. The van der Waals surface area contributed by atoms with Crippen molar-refractivity contribution < 1.29 is 23.1 Å². The lowest BCUT2D eigenvalue weighted by atomic mass is 10.1. The quantitative estimate of drug-likeness (QED) is 0.733. The van der Waals surface area contributed by atoms with Crippen molar-refractivity contribution >= 4 is 21.8 Å². The number of nitrogens with zero attached hydrogens (tertiary/aromatic N) is 1. The molecule has 0 radical (unpaired) electrons. The van der Waals surface area contributed by atoms with Crippen molar-refractivity contribution in [3.05, 3.63) is 0 Å². The first-order chi connectivity index (χ1) is 7.93. The standard InChI is InChI=1S/C10H20N2O5S/c1-10(2,3)12(7-8(13)14)9(15)11-5-6-18(4,16)17/h5-7H2,1-4H3,(H,11,15)(H,13,14). The number of urea groups is 1. The first kappa shape index (κ1) is 16.7. The van der Waals surface area contributed by atoms with Crippen LogP contribution in [0.25, 0.3) is 0 Å². The lowest BCUT2D eigenvalue weighted by molar-refractivity contribution is -0.138. The van der Waals surface area contributed by atoms with Gasteiger partial charge in [0, 0.05) is 18.3 Å². The Morgan fingerprint density at radius 3 is 2.11 bits per heavy atom. The molecule has 106 valence electrons. The van der Waals surface area contributed by atoms with E-state index in [0.29, 0.717) is 0 Å². The first-order valence-corrected chi connectivity index (χ1v) is 7.44. The Balaban J connectivity index is 4.54. The second kappa shape index (κ2) is 6.03. The van der Waals surface area contributed by atoms with Crippen molar-refractivity contribution in [3.63, 3.8) is 0 Å². The molecule has 0 rings (SSSR count). The van der Waals surface area contributed by atoms with E-state index in [1.54, 1.807) is 20.8 Å². The number of hydrogen-bond acceptors (Lipinski definition) is 4. The fraction of sp³-hybridized carbons (Fsp3) is 0.800. The number of carbonyl (C=O) groups is 2. The molecule has 2 amide bonds. The first-order valence-electron chi connectivity index (χ1n) is 5.38. The molecule has 0 aliphatic heterocycles. The van der Waals surface area contributed by atoms with Gasteiger partial charge in [0.15, 0.2) is 0 Å². The van der Waals surface area contributed by atoms with Gasteiger partial charge in [-0.15, -0.1) is 0 Å². The lowest BCUT2D eigenvalue weighted by Gasteiger charge is -2.34. The summed E-state index contributed by atoms with van der Waals surface area (Å²) in [6, 6.07) is -0.589. The highest BCUT2D eigenvalue weighted by molar-refractivity contribution is 7.90. The second-order valence-electron chi connectivity index (χ2n) is 5.01. The largest absolute Gasteiger partial charge is 0.480 e. The van der Waals surface area contributed by atoms with Crippen molar-refractivity contribution in [2.24, 2.45) is 0 Å². The van der Waals surface area contributed by atoms with Crippen LogP contribution in [0.2, 0.25) is 0 Å². The molecular weight excluding hydrogens is 260 g/mol. The van der Waals surface area contributed by atoms with Gasteiger partial charge in [0.05, 0.1) is 5.75 Å². The molecule has 0 aliphatic rings. The van der Waals surface area contributed by atoms with Crippen LogP contribution in [-0.4, -0.2) is 61.1 Å². The van der Waals surface area contributed by atoms with Crippen molar-refractivity contribution in [2.45, 2.75) is 26.3 Å². The average molecular weight is 280 g/mol. The predicted octanol–water partition coefficient (Wildman–Crippen LogP) is -0.0743. The Labute approximate surface area is 107 Å². The molecule has 0 aliphatic carbocycles. The monoisotopic (exact) mass is 280 g/mol. The van der Waals surface area contributed by atoms with Gasteiger partial charge in [-0.05, 0) is 20.8 Å². The molecule has 0 saturated carbocycles. The average Bonchev–Trinajstić information content (AvgIpc) is 2.09. The van der Waals surface area contributed by atoms with Crippen molar-refractivity contribution in [3.8, 4) is 0 Å². The molecule has 8 heteroatoms. The molecule has 18 heavy (non-hydrogen) atoms. The molecule has 2 N–H and O–H groups in total. The molecule has 0 saturated heterocycles. The van der Waals surface area contributed by atoms with Gasteiger partial charge in [0.25, 0.3) is 0 Å². The summed E-state index contributed by atoms with van der Waals surface area (Å²) < 4.78 is 21.8. The number of nitrogens with one attached hydrogen (secondary N) is 1. The molecule has 0 aromatic rings. The van der Waals surface area contributed by atoms with E-state index in [4.69, 9.17) is 5.11 Å². The van der Waals surface area contributed by atoms with Gasteiger partial charge in [-0.1, -0.05) is 0 Å². The van der Waals surface area contributed by atoms with Gasteiger partial charge >= 0.3 is 12.0 Å². The Hall–Kier alpha value is -1.31. The smallest absolute Gasteiger partial charge is 0.323 e. The maximum Gasteiger partial charge on any atom is 0.323 e. The van der Waals surface area contributed by atoms with E-state index >= 15 is 0 Å². The van der Waals surface area contributed by atoms with Crippen LogP contribution in [0, 0.1) is 0 Å². The number of hydrogen-bond donors (Lipinski definition) is 2. The van der Waals surface area contributed by atoms with Crippen molar-refractivity contribution in [1.29, 1.82) is 0 Å². The highest BCUT2D eigenvalue weighted by Crippen LogP contribution is 2.12. The normalized spacial score (nSPS) is 12.0. The van der Waals surface area contributed by atoms with Gasteiger partial charge < -0.3 is 15.3 Å². The summed E-state index contributed by atoms with van der Waals surface area (Å²) >= 11 is 0. The van der Waals surface area contributed by atoms with Crippen LogP contribution in [0.4, 0.5) is 4.79 Å². The van der Waals surface area contributed by atoms with Crippen LogP contribution in [0.1, 0.15) is 20.8 Å². The number of aliphatic carboxylic acids is 1. The number of carbonyl (C=O) groups excluding carboxylic acids is 1. The topological polar surface area (TPSA) is 104 Å². The Morgan fingerprint density at radius 2 is 1.78 bits per heavy atom. The number of rotatable bonds is 5. The van der Waals surface area contributed by atoms with E-state index in [1.165, 1.54) is 0 Å². The zero-order valence-electron chi connectivity index (χ0n) is 11.1. The lowest BCUT2D eigenvalue weighted by Crippen LogP contribution is -2.53. The van der Waals surface area contributed by atoms with Crippen molar-refractivity contribution in [2.75, 3.05) is 25.1 Å². The third-order valence-corrected chi connectivity index (χ3v) is 3.04. The summed E-state index contributed by atoms with van der Waals surface area (Å²) in [5.74, 6) is -1.30. The van der Waals surface area contributed by atoms with Crippen LogP contribution in [0.3, 0.4) is 0 Å². The highest BCUT2D eigenvalue weighted by Gasteiger charge is 2.28. The van der Waals surface area contributed by atoms with Gasteiger partial charge in [0.2, 0.25) is 0 Å². The molecule has 0 atom stereocenters. The van der Waals surface area contributed by atoms with E-state index in [2.05, 4.69) is 5.32 Å². The molecule has 0 fully saturated rings. The minimum atomic E-state index is -3.15. The van der Waals surface area contributed by atoms with Gasteiger partial charge in [0.1, 0.15) is 16.4 Å². The van der Waals surface area contributed by atoms with Crippen LogP contribution in [0.15, 0.2) is 0 Å². The molecule has 0 aromatic heterocycles. The number of sulfone groups is 1. The van der Waals surface area contributed by atoms with E-state index in [1.807, 2.05) is 0 Å². The van der Waals surface area contributed by atoms with Gasteiger partial charge in [-0.3, -0.25) is 4.79 Å². The summed E-state index contributed by atoms with van der Waals surface area (Å²) in [6.45, 7) is 4.63. The third-order valence-electron chi connectivity index (χ3n) is 2.10. The Kier molecular flexibility index (Phi) is 5.59. The Morgan fingerprint density at radius 1 is 1.28 bits per heavy atom. The maximum atomic E-state index is 11.8. The fourth-order valence-corrected chi connectivity index (χ4v) is 1.66. The highest BCUT2D eigenvalue weighted by atomic mass is 32.2. The third kappa shape index (κ3) is 7.10. The van der Waals surface area contributed by atoms with E-state index in [-0.39, 0.29) is 12.3 Å². The summed E-state index contributed by atoms with van der Waals surface area (Å²) in [4.78, 5) is 23.6. The molecule has 0 aromatic carbocycles. The zero-order chi connectivity index (χ0) is 14.6. The van der Waals surface area contributed by atoms with Gasteiger partial charge in [-0.25, -0.2) is 13.2 Å². The molecule has 7 nitrogen and oxygen atoms in total. The Bertz CT molecular complexity index is 410. The summed E-state index contributed by atoms with van der Waals surface area (Å²) in [5, 5.41) is 11.1. The zero-order valence-corrected chi connectivity index (χ0v) is 11.9. The molecule has 0 heterocycles. The molecule has 0 bridgehead atoms. The second-order valence-corrected chi connectivity index (χ2v) is 7.27. The summed E-state index contributed by atoms with van der Waals surface area (Å²) in [5.41, 5.74) is -0.659. The molecular formula is C10H20N2O5S. The van der Waals surface area contributed by atoms with E-state index < -0.39 is 33.9 Å². The minimum Gasteiger partial charge on any atom is -0.480 e. The maximum absolute atomic E-state index is 11.8. The predicted molar refractivity (Wildman–Crippen MR) is 67.2 cm³/mol. The number of amides is 2. The SMILES string of the molecule is CC(C)(C)N(CC(=O)O)C(=O)NCCS(C)(=O)=O. The van der Waals surface area contributed by atoms with Crippen LogP contribution < -0.4 is 5.32 Å². The summed E-state index contributed by atoms with van der Waals surface area (Å²) in [7, 11) is -3.15. The van der Waals surface area contributed by atoms with Crippen molar-refractivity contribution in [1.82, 2.24) is 10.2 Å². The van der Waals surface area contributed by atoms with Crippen LogP contribution in [-0.2, 0) is 14.6 Å².